The van der Waals surface area contributed by atoms with Gasteiger partial charge in [0.05, 0.1) is 29.6 Å². The van der Waals surface area contributed by atoms with Crippen molar-refractivity contribution in [3.8, 4) is 17.1 Å². The van der Waals surface area contributed by atoms with Gasteiger partial charge in [0.25, 0.3) is 5.91 Å². The number of halogens is 1. The highest BCUT2D eigenvalue weighted by Crippen LogP contribution is 2.26. The average Bonchev–Trinajstić information content (AvgIpc) is 3.32. The number of thiophene rings is 1. The largest absolute Gasteiger partial charge is 0.480 e. The number of hydrogen-bond acceptors (Lipinski definition) is 5. The second-order valence-electron chi connectivity index (χ2n) is 5.43. The molecule has 1 amide bonds. The van der Waals surface area contributed by atoms with Gasteiger partial charge in [-0.25, -0.2) is 13.9 Å². The average molecular weight is 368 g/mol. The molecule has 0 aliphatic heterocycles. The molecule has 0 aliphatic carbocycles. The molecule has 0 spiro atoms. The van der Waals surface area contributed by atoms with E-state index in [1.165, 1.54) is 24.5 Å². The fourth-order valence-corrected chi connectivity index (χ4v) is 3.10. The van der Waals surface area contributed by atoms with Crippen LogP contribution in [0.4, 0.5) is 10.1 Å². The van der Waals surface area contributed by atoms with Gasteiger partial charge in [-0.1, -0.05) is 6.07 Å². The minimum absolute atomic E-state index is 0.100. The Kier molecular flexibility index (Phi) is 4.10. The van der Waals surface area contributed by atoms with Crippen molar-refractivity contribution in [2.24, 2.45) is 0 Å². The molecule has 6 nitrogen and oxygen atoms in total. The van der Waals surface area contributed by atoms with Gasteiger partial charge in [0, 0.05) is 11.6 Å². The molecular weight excluding hydrogens is 355 g/mol. The van der Waals surface area contributed by atoms with E-state index in [4.69, 9.17) is 4.74 Å². The number of anilines is 1. The van der Waals surface area contributed by atoms with Crippen LogP contribution in [0.25, 0.3) is 16.9 Å². The number of amides is 1. The van der Waals surface area contributed by atoms with Crippen LogP contribution in [-0.4, -0.2) is 27.6 Å². The van der Waals surface area contributed by atoms with Crippen molar-refractivity contribution in [1.29, 1.82) is 0 Å². The summed E-state index contributed by atoms with van der Waals surface area (Å²) in [5.41, 5.74) is 2.01. The van der Waals surface area contributed by atoms with E-state index in [9.17, 15) is 9.18 Å². The predicted molar refractivity (Wildman–Crippen MR) is 97.2 cm³/mol. The first kappa shape index (κ1) is 16.2. The highest BCUT2D eigenvalue weighted by Gasteiger charge is 2.13. The van der Waals surface area contributed by atoms with Crippen LogP contribution >= 0.6 is 11.3 Å². The summed E-state index contributed by atoms with van der Waals surface area (Å²) in [6.45, 7) is 0. The molecule has 4 aromatic rings. The lowest BCUT2D eigenvalue weighted by atomic mass is 10.1. The first-order chi connectivity index (χ1) is 12.6. The Hall–Kier alpha value is -3.26. The Morgan fingerprint density at radius 3 is 2.92 bits per heavy atom. The molecule has 1 N–H and O–H groups in total. The summed E-state index contributed by atoms with van der Waals surface area (Å²) >= 11 is 1.29. The van der Waals surface area contributed by atoms with Crippen molar-refractivity contribution in [2.75, 3.05) is 12.4 Å². The summed E-state index contributed by atoms with van der Waals surface area (Å²) in [4.78, 5) is 17.2. The minimum atomic E-state index is -0.512. The molecule has 0 aliphatic rings. The topological polar surface area (TPSA) is 68.5 Å². The van der Waals surface area contributed by atoms with Crippen LogP contribution in [0.15, 0.2) is 54.0 Å². The van der Waals surface area contributed by atoms with Crippen LogP contribution in [0, 0.1) is 5.82 Å². The van der Waals surface area contributed by atoms with Crippen LogP contribution < -0.4 is 10.1 Å². The van der Waals surface area contributed by atoms with Crippen LogP contribution in [0.5, 0.6) is 5.88 Å². The van der Waals surface area contributed by atoms with Gasteiger partial charge in [-0.15, -0.1) is 16.4 Å². The van der Waals surface area contributed by atoms with E-state index in [1.807, 2.05) is 0 Å². The number of nitrogens with one attached hydrogen (secondary N) is 1. The summed E-state index contributed by atoms with van der Waals surface area (Å²) in [7, 11) is 1.54. The molecule has 0 atom stereocenters. The maximum absolute atomic E-state index is 14.1. The number of hydrogen-bond donors (Lipinski definition) is 1. The quantitative estimate of drug-likeness (QED) is 0.594. The lowest BCUT2D eigenvalue weighted by Crippen LogP contribution is -2.11. The Morgan fingerprint density at radius 2 is 2.15 bits per heavy atom. The van der Waals surface area contributed by atoms with E-state index in [2.05, 4.69) is 15.4 Å². The van der Waals surface area contributed by atoms with Crippen LogP contribution in [-0.2, 0) is 0 Å². The van der Waals surface area contributed by atoms with Crippen LogP contribution in [0.1, 0.15) is 9.67 Å². The molecule has 8 heteroatoms. The van der Waals surface area contributed by atoms with Crippen molar-refractivity contribution in [2.45, 2.75) is 0 Å². The second kappa shape index (κ2) is 6.57. The molecular formula is C18H13FN4O2S. The summed E-state index contributed by atoms with van der Waals surface area (Å²) in [6.07, 6.45) is 1.72. The molecule has 3 heterocycles. The molecule has 0 unspecified atom stereocenters. The Morgan fingerprint density at radius 1 is 1.27 bits per heavy atom. The molecule has 26 heavy (non-hydrogen) atoms. The molecule has 1 aromatic carbocycles. The molecule has 0 fully saturated rings. The highest BCUT2D eigenvalue weighted by molar-refractivity contribution is 7.12. The smallest absolute Gasteiger partial charge is 0.265 e. The van der Waals surface area contributed by atoms with Crippen LogP contribution in [0.2, 0.25) is 0 Å². The lowest BCUT2D eigenvalue weighted by molar-refractivity contribution is 0.103. The van der Waals surface area contributed by atoms with E-state index in [1.54, 1.807) is 52.5 Å². The fraction of sp³-hybridized carbons (Fsp3) is 0.0556. The molecule has 0 bridgehead atoms. The van der Waals surface area contributed by atoms with E-state index in [0.717, 1.165) is 0 Å². The molecule has 0 saturated heterocycles. The van der Waals surface area contributed by atoms with Gasteiger partial charge in [-0.2, -0.15) is 0 Å². The molecule has 0 saturated carbocycles. The van der Waals surface area contributed by atoms with Gasteiger partial charge in [-0.05, 0) is 35.7 Å². The number of fused-ring (bicyclic) bond motifs is 1. The van der Waals surface area contributed by atoms with Crippen molar-refractivity contribution < 1.29 is 13.9 Å². The maximum atomic E-state index is 14.1. The van der Waals surface area contributed by atoms with Crippen molar-refractivity contribution in [1.82, 2.24) is 14.6 Å². The van der Waals surface area contributed by atoms with Gasteiger partial charge in [0.1, 0.15) is 5.82 Å². The zero-order valence-corrected chi connectivity index (χ0v) is 14.5. The highest BCUT2D eigenvalue weighted by atomic mass is 32.1. The van der Waals surface area contributed by atoms with Gasteiger partial charge < -0.3 is 10.1 Å². The Labute approximate surface area is 151 Å². The maximum Gasteiger partial charge on any atom is 0.265 e. The van der Waals surface area contributed by atoms with E-state index < -0.39 is 5.82 Å². The van der Waals surface area contributed by atoms with Gasteiger partial charge >= 0.3 is 0 Å². The third-order valence-corrected chi connectivity index (χ3v) is 4.63. The number of aromatic nitrogens is 3. The molecule has 0 radical (unpaired) electrons. The number of imidazole rings is 1. The monoisotopic (exact) mass is 368 g/mol. The molecule has 3 aromatic heterocycles. The minimum Gasteiger partial charge on any atom is -0.480 e. The summed E-state index contributed by atoms with van der Waals surface area (Å²) in [5.74, 6) is -0.399. The number of benzene rings is 1. The summed E-state index contributed by atoms with van der Waals surface area (Å²) in [5, 5.41) is 8.64. The third-order valence-electron chi connectivity index (χ3n) is 3.76. The fourth-order valence-electron chi connectivity index (χ4n) is 2.48. The Balaban J connectivity index is 1.68. The number of carbonyl (C=O) groups excluding carboxylic acids is 1. The lowest BCUT2D eigenvalue weighted by Gasteiger charge is -2.07. The first-order valence-electron chi connectivity index (χ1n) is 7.69. The van der Waals surface area contributed by atoms with Crippen LogP contribution in [0.3, 0.4) is 0 Å². The van der Waals surface area contributed by atoms with Gasteiger partial charge in [-0.3, -0.25) is 4.79 Å². The summed E-state index contributed by atoms with van der Waals surface area (Å²) in [6, 6.07) is 11.4. The van der Waals surface area contributed by atoms with E-state index in [0.29, 0.717) is 27.7 Å². The number of methoxy groups -OCH3 is 1. The van der Waals surface area contributed by atoms with E-state index >= 15 is 0 Å². The van der Waals surface area contributed by atoms with Gasteiger partial charge in [0.15, 0.2) is 5.65 Å². The third kappa shape index (κ3) is 3.02. The predicted octanol–water partition coefficient (Wildman–Crippen LogP) is 3.86. The normalized spacial score (nSPS) is 10.8. The number of ether oxygens (including phenoxy) is 1. The SMILES string of the molecule is COc1ccc2nc(-c3ccc(F)c(NC(=O)c4cccs4)c3)cn2n1. The number of rotatable bonds is 4. The van der Waals surface area contributed by atoms with Gasteiger partial charge in [0.2, 0.25) is 5.88 Å². The van der Waals surface area contributed by atoms with Crippen molar-refractivity contribution in [3.05, 3.63) is 64.7 Å². The standard InChI is InChI=1S/C18H13FN4O2S/c1-25-17-7-6-16-20-14(10-23(16)22-17)11-4-5-12(19)13(9-11)21-18(24)15-3-2-8-26-15/h2-10H,1H3,(H,21,24). The first-order valence-corrected chi connectivity index (χ1v) is 8.57. The Bertz CT molecular complexity index is 1090. The zero-order valence-electron chi connectivity index (χ0n) is 13.6. The summed E-state index contributed by atoms with van der Waals surface area (Å²) < 4.78 is 20.8. The second-order valence-corrected chi connectivity index (χ2v) is 6.38. The number of nitrogens with zero attached hydrogens (tertiary/aromatic N) is 3. The molecule has 130 valence electrons. The number of carbonyl (C=O) groups is 1. The zero-order chi connectivity index (χ0) is 18.1. The van der Waals surface area contributed by atoms with E-state index in [-0.39, 0.29) is 11.6 Å². The van der Waals surface area contributed by atoms with Crippen molar-refractivity contribution >= 4 is 28.6 Å². The van der Waals surface area contributed by atoms with Crippen molar-refractivity contribution in [3.63, 3.8) is 0 Å². The molecule has 4 rings (SSSR count).